The molecule has 2 rings (SSSR count). The van der Waals surface area contributed by atoms with E-state index in [1.807, 2.05) is 37.3 Å². The zero-order valence-electron chi connectivity index (χ0n) is 11.9. The van der Waals surface area contributed by atoms with Gasteiger partial charge in [0.1, 0.15) is 5.82 Å². The second-order valence-corrected chi connectivity index (χ2v) is 5.80. The van der Waals surface area contributed by atoms with Crippen LogP contribution < -0.4 is 5.32 Å². The Kier molecular flexibility index (Phi) is 5.81. The summed E-state index contributed by atoms with van der Waals surface area (Å²) in [5.41, 5.74) is 2.11. The van der Waals surface area contributed by atoms with Gasteiger partial charge in [0.15, 0.2) is 0 Å². The van der Waals surface area contributed by atoms with E-state index in [1.165, 1.54) is 17.7 Å². The van der Waals surface area contributed by atoms with Gasteiger partial charge in [-0.25, -0.2) is 4.39 Å². The fraction of sp³-hybridized carbons (Fsp3) is 0.235. The average molecular weight is 303 g/mol. The summed E-state index contributed by atoms with van der Waals surface area (Å²) >= 11 is 1.58. The average Bonchev–Trinajstić information content (AvgIpc) is 2.49. The molecule has 1 N–H and O–H groups in total. The summed E-state index contributed by atoms with van der Waals surface area (Å²) < 4.78 is 12.8. The van der Waals surface area contributed by atoms with Gasteiger partial charge in [-0.1, -0.05) is 42.5 Å². The molecule has 4 heteroatoms. The first-order valence-electron chi connectivity index (χ1n) is 6.81. The van der Waals surface area contributed by atoms with E-state index in [0.29, 0.717) is 5.75 Å². The van der Waals surface area contributed by atoms with Crippen LogP contribution in [0.5, 0.6) is 0 Å². The molecule has 2 aromatic carbocycles. The first kappa shape index (κ1) is 15.6. The Labute approximate surface area is 128 Å². The third-order valence-corrected chi connectivity index (χ3v) is 4.10. The van der Waals surface area contributed by atoms with Crippen molar-refractivity contribution < 1.29 is 9.18 Å². The fourth-order valence-electron chi connectivity index (χ4n) is 1.95. The lowest BCUT2D eigenvalue weighted by Crippen LogP contribution is -2.28. The van der Waals surface area contributed by atoms with E-state index in [1.54, 1.807) is 23.9 Å². The summed E-state index contributed by atoms with van der Waals surface area (Å²) in [6.07, 6.45) is 0. The van der Waals surface area contributed by atoms with Crippen molar-refractivity contribution in [3.8, 4) is 0 Å². The summed E-state index contributed by atoms with van der Waals surface area (Å²) in [7, 11) is 0. The molecule has 0 fully saturated rings. The molecular weight excluding hydrogens is 285 g/mol. The normalized spacial score (nSPS) is 11.9. The molecule has 110 valence electrons. The zero-order chi connectivity index (χ0) is 15.1. The Morgan fingerprint density at radius 1 is 1.14 bits per heavy atom. The van der Waals surface area contributed by atoms with Gasteiger partial charge in [-0.3, -0.25) is 4.79 Å². The third kappa shape index (κ3) is 5.23. The monoisotopic (exact) mass is 303 g/mol. The van der Waals surface area contributed by atoms with Gasteiger partial charge in [-0.15, -0.1) is 11.8 Å². The minimum atomic E-state index is -0.268. The van der Waals surface area contributed by atoms with Crippen LogP contribution in [-0.4, -0.2) is 11.7 Å². The van der Waals surface area contributed by atoms with Crippen LogP contribution in [0.15, 0.2) is 54.6 Å². The second-order valence-electron chi connectivity index (χ2n) is 4.82. The van der Waals surface area contributed by atoms with Crippen LogP contribution in [0.3, 0.4) is 0 Å². The molecule has 0 aliphatic heterocycles. The van der Waals surface area contributed by atoms with Crippen LogP contribution in [-0.2, 0) is 10.5 Å². The van der Waals surface area contributed by atoms with E-state index >= 15 is 0 Å². The molecule has 0 spiro atoms. The van der Waals surface area contributed by atoms with E-state index in [9.17, 15) is 9.18 Å². The van der Waals surface area contributed by atoms with Gasteiger partial charge < -0.3 is 5.32 Å². The van der Waals surface area contributed by atoms with E-state index in [2.05, 4.69) is 5.32 Å². The summed E-state index contributed by atoms with van der Waals surface area (Å²) in [4.78, 5) is 11.9. The number of hydrogen-bond donors (Lipinski definition) is 1. The van der Waals surface area contributed by atoms with Crippen LogP contribution in [0.4, 0.5) is 4.39 Å². The predicted molar refractivity (Wildman–Crippen MR) is 85.6 cm³/mol. The Morgan fingerprint density at radius 2 is 1.81 bits per heavy atom. The highest BCUT2D eigenvalue weighted by Gasteiger charge is 2.09. The maximum atomic E-state index is 12.8. The number of halogens is 1. The lowest BCUT2D eigenvalue weighted by Gasteiger charge is -2.14. The van der Waals surface area contributed by atoms with Crippen molar-refractivity contribution in [3.05, 3.63) is 71.5 Å². The number of rotatable bonds is 6. The molecule has 0 aliphatic carbocycles. The Balaban J connectivity index is 1.75. The van der Waals surface area contributed by atoms with Crippen LogP contribution >= 0.6 is 11.8 Å². The summed E-state index contributed by atoms with van der Waals surface area (Å²) in [5.74, 6) is 0.961. The van der Waals surface area contributed by atoms with Crippen molar-refractivity contribution in [1.82, 2.24) is 5.32 Å². The maximum absolute atomic E-state index is 12.8. The highest BCUT2D eigenvalue weighted by Crippen LogP contribution is 2.14. The molecule has 0 aliphatic rings. The van der Waals surface area contributed by atoms with E-state index < -0.39 is 0 Å². The number of carbonyl (C=O) groups is 1. The van der Waals surface area contributed by atoms with Crippen LogP contribution in [0.25, 0.3) is 0 Å². The van der Waals surface area contributed by atoms with Crippen molar-refractivity contribution in [3.63, 3.8) is 0 Å². The van der Waals surface area contributed by atoms with Gasteiger partial charge in [0.25, 0.3) is 0 Å². The zero-order valence-corrected chi connectivity index (χ0v) is 12.7. The molecule has 0 unspecified atom stereocenters. The molecule has 0 radical (unpaired) electrons. The lowest BCUT2D eigenvalue weighted by molar-refractivity contribution is -0.119. The molecule has 0 heterocycles. The van der Waals surface area contributed by atoms with Crippen molar-refractivity contribution in [1.29, 1.82) is 0 Å². The topological polar surface area (TPSA) is 29.1 Å². The molecule has 2 nitrogen and oxygen atoms in total. The Bertz CT molecular complexity index is 571. The van der Waals surface area contributed by atoms with Crippen molar-refractivity contribution in [2.24, 2.45) is 0 Å². The first-order chi connectivity index (χ1) is 10.1. The van der Waals surface area contributed by atoms with Crippen molar-refractivity contribution in [2.75, 3.05) is 5.75 Å². The largest absolute Gasteiger partial charge is 0.349 e. The van der Waals surface area contributed by atoms with Crippen LogP contribution in [0.2, 0.25) is 0 Å². The number of carbonyl (C=O) groups excluding carboxylic acids is 1. The summed E-state index contributed by atoms with van der Waals surface area (Å²) in [6.45, 7) is 1.90. The van der Waals surface area contributed by atoms with Gasteiger partial charge in [-0.2, -0.15) is 0 Å². The second kappa shape index (κ2) is 7.84. The van der Waals surface area contributed by atoms with Crippen molar-refractivity contribution in [2.45, 2.75) is 18.7 Å². The highest BCUT2D eigenvalue weighted by atomic mass is 32.2. The number of hydrogen-bond acceptors (Lipinski definition) is 2. The molecule has 1 amide bonds. The molecular formula is C17H18FNOS. The van der Waals surface area contributed by atoms with Gasteiger partial charge in [0, 0.05) is 5.75 Å². The lowest BCUT2D eigenvalue weighted by atomic mass is 10.1. The number of thioether (sulfide) groups is 1. The summed E-state index contributed by atoms with van der Waals surface area (Å²) in [6, 6.07) is 16.1. The molecule has 0 saturated carbocycles. The van der Waals surface area contributed by atoms with Gasteiger partial charge >= 0.3 is 0 Å². The number of nitrogens with one attached hydrogen (secondary N) is 1. The smallest absolute Gasteiger partial charge is 0.230 e. The van der Waals surface area contributed by atoms with E-state index in [4.69, 9.17) is 0 Å². The summed E-state index contributed by atoms with van der Waals surface area (Å²) in [5, 5.41) is 2.92. The SMILES string of the molecule is C[C@@H](NC(=O)CSCc1ccccc1)c1ccc(F)cc1. The van der Waals surface area contributed by atoms with Gasteiger partial charge in [0.2, 0.25) is 5.91 Å². The number of benzene rings is 2. The van der Waals surface area contributed by atoms with Crippen molar-refractivity contribution >= 4 is 17.7 Å². The highest BCUT2D eigenvalue weighted by molar-refractivity contribution is 7.99. The van der Waals surface area contributed by atoms with Crippen LogP contribution in [0, 0.1) is 5.82 Å². The van der Waals surface area contributed by atoms with Gasteiger partial charge in [0.05, 0.1) is 11.8 Å². The standard InChI is InChI=1S/C17H18FNOS/c1-13(15-7-9-16(18)10-8-15)19-17(20)12-21-11-14-5-3-2-4-6-14/h2-10,13H,11-12H2,1H3,(H,19,20)/t13-/m1/s1. The molecule has 1 atom stereocenters. The minimum absolute atomic E-state index is 0.00671. The molecule has 21 heavy (non-hydrogen) atoms. The van der Waals surface area contributed by atoms with E-state index in [0.717, 1.165) is 11.3 Å². The third-order valence-electron chi connectivity index (χ3n) is 3.09. The first-order valence-corrected chi connectivity index (χ1v) is 7.97. The van der Waals surface area contributed by atoms with Gasteiger partial charge in [-0.05, 0) is 30.2 Å². The molecule has 0 saturated heterocycles. The predicted octanol–water partition coefficient (Wildman–Crippen LogP) is 3.94. The van der Waals surface area contributed by atoms with Crippen LogP contribution in [0.1, 0.15) is 24.1 Å². The van der Waals surface area contributed by atoms with E-state index in [-0.39, 0.29) is 17.8 Å². The minimum Gasteiger partial charge on any atom is -0.349 e. The maximum Gasteiger partial charge on any atom is 0.230 e. The molecule has 0 bridgehead atoms. The molecule has 0 aromatic heterocycles. The Morgan fingerprint density at radius 3 is 2.48 bits per heavy atom. The molecule has 2 aromatic rings. The fourth-order valence-corrected chi connectivity index (χ4v) is 2.75. The Hall–Kier alpha value is -1.81. The number of amides is 1. The quantitative estimate of drug-likeness (QED) is 0.876.